The highest BCUT2D eigenvalue weighted by Gasteiger charge is 2.49. The van der Waals surface area contributed by atoms with Crippen LogP contribution in [-0.4, -0.2) is 18.5 Å². The number of hydrogen-bond acceptors (Lipinski definition) is 2. The van der Waals surface area contributed by atoms with Crippen LogP contribution in [0.2, 0.25) is 0 Å². The van der Waals surface area contributed by atoms with Crippen LogP contribution in [0.25, 0.3) is 0 Å². The highest BCUT2D eigenvalue weighted by molar-refractivity contribution is 5.81. The maximum atomic E-state index is 11.8. The molecular formula is C13H24N2O. The van der Waals surface area contributed by atoms with Crippen LogP contribution in [0, 0.1) is 17.3 Å². The molecule has 2 rings (SSSR count). The molecule has 2 aliphatic carbocycles. The van der Waals surface area contributed by atoms with Crippen LogP contribution < -0.4 is 11.1 Å². The topological polar surface area (TPSA) is 55.1 Å². The first-order valence-electron chi connectivity index (χ1n) is 6.58. The maximum Gasteiger partial charge on any atom is 0.237 e. The Morgan fingerprint density at radius 3 is 2.44 bits per heavy atom. The highest BCUT2D eigenvalue weighted by Crippen LogP contribution is 2.56. The quantitative estimate of drug-likeness (QED) is 0.746. The number of carbonyl (C=O) groups is 1. The predicted octanol–water partition coefficient (Wildman–Crippen LogP) is 1.67. The predicted molar refractivity (Wildman–Crippen MR) is 64.8 cm³/mol. The van der Waals surface area contributed by atoms with Crippen molar-refractivity contribution in [1.82, 2.24) is 5.32 Å². The lowest BCUT2D eigenvalue weighted by Crippen LogP contribution is -2.50. The summed E-state index contributed by atoms with van der Waals surface area (Å²) in [6, 6.07) is -0.351. The largest absolute Gasteiger partial charge is 0.354 e. The van der Waals surface area contributed by atoms with Gasteiger partial charge in [-0.3, -0.25) is 4.79 Å². The number of amides is 1. The van der Waals surface area contributed by atoms with Crippen molar-refractivity contribution in [2.24, 2.45) is 23.0 Å². The number of rotatable bonds is 5. The smallest absolute Gasteiger partial charge is 0.237 e. The average molecular weight is 224 g/mol. The minimum Gasteiger partial charge on any atom is -0.354 e. The van der Waals surface area contributed by atoms with Gasteiger partial charge in [0.1, 0.15) is 0 Å². The van der Waals surface area contributed by atoms with Crippen LogP contribution in [0.5, 0.6) is 0 Å². The first-order valence-corrected chi connectivity index (χ1v) is 6.58. The van der Waals surface area contributed by atoms with Gasteiger partial charge in [0, 0.05) is 6.54 Å². The Balaban J connectivity index is 1.80. The summed E-state index contributed by atoms with van der Waals surface area (Å²) in [6.07, 6.45) is 6.67. The maximum absolute atomic E-state index is 11.8. The molecule has 0 aliphatic heterocycles. The lowest BCUT2D eigenvalue weighted by atomic mass is 9.65. The molecule has 3 heteroatoms. The minimum absolute atomic E-state index is 0.0296. The average Bonchev–Trinajstić information content (AvgIpc) is 2.98. The molecule has 16 heavy (non-hydrogen) atoms. The van der Waals surface area contributed by atoms with Gasteiger partial charge in [0.05, 0.1) is 6.04 Å². The van der Waals surface area contributed by atoms with Gasteiger partial charge in [-0.25, -0.2) is 0 Å². The lowest BCUT2D eigenvalue weighted by Gasteiger charge is -2.43. The Labute approximate surface area is 98.2 Å². The van der Waals surface area contributed by atoms with E-state index in [4.69, 9.17) is 5.73 Å². The molecule has 0 heterocycles. The molecule has 0 spiro atoms. The molecule has 0 aromatic rings. The van der Waals surface area contributed by atoms with Crippen LogP contribution in [0.1, 0.15) is 46.0 Å². The van der Waals surface area contributed by atoms with E-state index >= 15 is 0 Å². The van der Waals surface area contributed by atoms with Crippen LogP contribution in [0.15, 0.2) is 0 Å². The Bertz CT molecular complexity index is 267. The van der Waals surface area contributed by atoms with Crippen LogP contribution in [0.3, 0.4) is 0 Å². The van der Waals surface area contributed by atoms with Crippen molar-refractivity contribution in [2.45, 2.75) is 52.0 Å². The van der Waals surface area contributed by atoms with Crippen molar-refractivity contribution < 1.29 is 4.79 Å². The Morgan fingerprint density at radius 2 is 2.06 bits per heavy atom. The molecule has 2 saturated carbocycles. The van der Waals surface area contributed by atoms with E-state index in [1.54, 1.807) is 0 Å². The summed E-state index contributed by atoms with van der Waals surface area (Å²) in [6.45, 7) is 4.84. The molecule has 1 atom stereocenters. The fourth-order valence-corrected chi connectivity index (χ4v) is 2.74. The van der Waals surface area contributed by atoms with Gasteiger partial charge in [-0.1, -0.05) is 20.3 Å². The monoisotopic (exact) mass is 224 g/mol. The first-order chi connectivity index (χ1) is 7.55. The molecule has 92 valence electrons. The van der Waals surface area contributed by atoms with Crippen LogP contribution in [0.4, 0.5) is 0 Å². The summed E-state index contributed by atoms with van der Waals surface area (Å²) in [5, 5.41) is 3.06. The zero-order valence-corrected chi connectivity index (χ0v) is 10.5. The molecule has 2 aliphatic rings. The van der Waals surface area contributed by atoms with E-state index in [0.29, 0.717) is 5.41 Å². The fourth-order valence-electron chi connectivity index (χ4n) is 2.74. The van der Waals surface area contributed by atoms with Gasteiger partial charge in [0.2, 0.25) is 5.91 Å². The summed E-state index contributed by atoms with van der Waals surface area (Å²) in [5.74, 6) is 1.14. The molecule has 3 nitrogen and oxygen atoms in total. The number of nitrogens with two attached hydrogens (primary N) is 1. The van der Waals surface area contributed by atoms with Crippen molar-refractivity contribution in [3.8, 4) is 0 Å². The molecule has 0 bridgehead atoms. The van der Waals surface area contributed by atoms with Crippen LogP contribution in [-0.2, 0) is 4.79 Å². The molecule has 0 radical (unpaired) electrons. The van der Waals surface area contributed by atoms with Gasteiger partial charge in [0.15, 0.2) is 0 Å². The Kier molecular flexibility index (Phi) is 3.24. The SMILES string of the molecule is CC(C)[C@H](N)C(=O)NCC1(C2CC2)CCC1. The second-order valence-electron chi connectivity index (χ2n) is 5.98. The number of carbonyl (C=O) groups excluding carboxylic acids is 1. The van der Waals surface area contributed by atoms with E-state index in [1.807, 2.05) is 13.8 Å². The van der Waals surface area contributed by atoms with E-state index in [1.165, 1.54) is 32.1 Å². The molecular weight excluding hydrogens is 200 g/mol. The highest BCUT2D eigenvalue weighted by atomic mass is 16.2. The second kappa shape index (κ2) is 4.36. The molecule has 1 amide bonds. The van der Waals surface area contributed by atoms with E-state index in [9.17, 15) is 4.79 Å². The molecule has 0 aromatic heterocycles. The third-order valence-corrected chi connectivity index (χ3v) is 4.43. The first kappa shape index (κ1) is 11.9. The van der Waals surface area contributed by atoms with E-state index < -0.39 is 0 Å². The Hall–Kier alpha value is -0.570. The van der Waals surface area contributed by atoms with E-state index in [0.717, 1.165) is 12.5 Å². The van der Waals surface area contributed by atoms with E-state index in [2.05, 4.69) is 5.32 Å². The number of hydrogen-bond donors (Lipinski definition) is 2. The van der Waals surface area contributed by atoms with Crippen molar-refractivity contribution in [1.29, 1.82) is 0 Å². The van der Waals surface area contributed by atoms with Crippen molar-refractivity contribution in [3.05, 3.63) is 0 Å². The van der Waals surface area contributed by atoms with Crippen molar-refractivity contribution in [3.63, 3.8) is 0 Å². The summed E-state index contributed by atoms with van der Waals surface area (Å²) in [5.41, 5.74) is 6.28. The molecule has 2 fully saturated rings. The molecule has 3 N–H and O–H groups in total. The molecule has 0 aromatic carbocycles. The zero-order chi connectivity index (χ0) is 11.8. The standard InChI is InChI=1S/C13H24N2O/c1-9(2)11(14)12(16)15-8-13(6-3-7-13)10-4-5-10/h9-11H,3-8,14H2,1-2H3,(H,15,16)/t11-/m0/s1. The van der Waals surface area contributed by atoms with Gasteiger partial charge in [-0.15, -0.1) is 0 Å². The normalized spacial score (nSPS) is 25.0. The van der Waals surface area contributed by atoms with E-state index in [-0.39, 0.29) is 17.9 Å². The van der Waals surface area contributed by atoms with Crippen molar-refractivity contribution in [2.75, 3.05) is 6.54 Å². The van der Waals surface area contributed by atoms with Crippen molar-refractivity contribution >= 4 is 5.91 Å². The summed E-state index contributed by atoms with van der Waals surface area (Å²) >= 11 is 0. The lowest BCUT2D eigenvalue weighted by molar-refractivity contribution is -0.124. The van der Waals surface area contributed by atoms with Crippen LogP contribution >= 0.6 is 0 Å². The summed E-state index contributed by atoms with van der Waals surface area (Å²) in [4.78, 5) is 11.8. The zero-order valence-electron chi connectivity index (χ0n) is 10.5. The van der Waals surface area contributed by atoms with Gasteiger partial charge < -0.3 is 11.1 Å². The minimum atomic E-state index is -0.351. The Morgan fingerprint density at radius 1 is 1.44 bits per heavy atom. The molecule has 0 saturated heterocycles. The summed E-state index contributed by atoms with van der Waals surface area (Å²) in [7, 11) is 0. The summed E-state index contributed by atoms with van der Waals surface area (Å²) < 4.78 is 0. The third-order valence-electron chi connectivity index (χ3n) is 4.43. The van der Waals surface area contributed by atoms with Gasteiger partial charge in [0.25, 0.3) is 0 Å². The van der Waals surface area contributed by atoms with Gasteiger partial charge >= 0.3 is 0 Å². The molecule has 0 unspecified atom stereocenters. The fraction of sp³-hybridized carbons (Fsp3) is 0.923. The third kappa shape index (κ3) is 2.24. The van der Waals surface area contributed by atoms with Gasteiger partial charge in [-0.2, -0.15) is 0 Å². The number of nitrogens with one attached hydrogen (secondary N) is 1. The second-order valence-corrected chi connectivity index (χ2v) is 5.98. The van der Waals surface area contributed by atoms with Gasteiger partial charge in [-0.05, 0) is 42.9 Å².